The Bertz CT molecular complexity index is 341. The van der Waals surface area contributed by atoms with Gasteiger partial charge in [0.1, 0.15) is 6.61 Å². The van der Waals surface area contributed by atoms with Crippen molar-refractivity contribution in [1.82, 2.24) is 0 Å². The van der Waals surface area contributed by atoms with Gasteiger partial charge in [0.05, 0.1) is 6.42 Å². The van der Waals surface area contributed by atoms with Crippen molar-refractivity contribution >= 4 is 5.97 Å². The number of hydrogen-bond acceptors (Lipinski definition) is 2. The minimum atomic E-state index is -0.104. The van der Waals surface area contributed by atoms with Crippen molar-refractivity contribution in [3.8, 4) is 0 Å². The molecule has 0 unspecified atom stereocenters. The molecule has 0 aliphatic rings. The van der Waals surface area contributed by atoms with Crippen LogP contribution < -0.4 is 0 Å². The van der Waals surface area contributed by atoms with Crippen LogP contribution in [-0.2, 0) is 16.1 Å². The zero-order chi connectivity index (χ0) is 12.7. The summed E-state index contributed by atoms with van der Waals surface area (Å²) in [4.78, 5) is 11.7. The van der Waals surface area contributed by atoms with E-state index in [4.69, 9.17) is 4.74 Å². The zero-order valence-corrected chi connectivity index (χ0v) is 11.0. The third-order valence-corrected chi connectivity index (χ3v) is 2.79. The van der Waals surface area contributed by atoms with E-state index in [0.717, 1.165) is 18.4 Å². The van der Waals surface area contributed by atoms with Gasteiger partial charge < -0.3 is 4.74 Å². The van der Waals surface area contributed by atoms with Crippen molar-refractivity contribution in [2.24, 2.45) is 5.41 Å². The molecule has 0 heterocycles. The van der Waals surface area contributed by atoms with E-state index in [1.54, 1.807) is 0 Å². The summed E-state index contributed by atoms with van der Waals surface area (Å²) in [6, 6.07) is 9.78. The average Bonchev–Trinajstić information content (AvgIpc) is 2.27. The Kier molecular flexibility index (Phi) is 5.20. The normalized spacial score (nSPS) is 11.2. The molecular formula is C15H22O2. The van der Waals surface area contributed by atoms with Crippen LogP contribution in [0.15, 0.2) is 30.3 Å². The minimum absolute atomic E-state index is 0.0442. The van der Waals surface area contributed by atoms with Crippen molar-refractivity contribution in [3.05, 3.63) is 35.9 Å². The van der Waals surface area contributed by atoms with Gasteiger partial charge >= 0.3 is 5.97 Å². The van der Waals surface area contributed by atoms with Crippen LogP contribution >= 0.6 is 0 Å². The lowest BCUT2D eigenvalue weighted by Gasteiger charge is -2.22. The second-order valence-electron chi connectivity index (χ2n) is 5.24. The number of esters is 1. The summed E-state index contributed by atoms with van der Waals surface area (Å²) in [5.74, 6) is -0.104. The Morgan fingerprint density at radius 1 is 1.24 bits per heavy atom. The monoisotopic (exact) mass is 234 g/mol. The fourth-order valence-electron chi connectivity index (χ4n) is 1.94. The molecule has 0 atom stereocenters. The molecule has 17 heavy (non-hydrogen) atoms. The molecule has 1 aromatic rings. The average molecular weight is 234 g/mol. The summed E-state index contributed by atoms with van der Waals surface area (Å²) in [5, 5.41) is 0. The predicted octanol–water partition coefficient (Wildman–Crippen LogP) is 3.95. The van der Waals surface area contributed by atoms with Gasteiger partial charge in [-0.05, 0) is 17.4 Å². The van der Waals surface area contributed by atoms with Crippen LogP contribution in [0.25, 0.3) is 0 Å². The quantitative estimate of drug-likeness (QED) is 0.697. The van der Waals surface area contributed by atoms with Gasteiger partial charge in [-0.25, -0.2) is 0 Å². The molecular weight excluding hydrogens is 212 g/mol. The van der Waals surface area contributed by atoms with E-state index in [1.807, 2.05) is 30.3 Å². The Labute approximate surface area is 104 Å². The van der Waals surface area contributed by atoms with E-state index in [9.17, 15) is 4.79 Å². The zero-order valence-electron chi connectivity index (χ0n) is 11.0. The van der Waals surface area contributed by atoms with Gasteiger partial charge in [-0.3, -0.25) is 4.79 Å². The predicted molar refractivity (Wildman–Crippen MR) is 69.5 cm³/mol. The van der Waals surface area contributed by atoms with E-state index in [2.05, 4.69) is 20.8 Å². The Hall–Kier alpha value is -1.31. The first-order chi connectivity index (χ1) is 8.03. The highest BCUT2D eigenvalue weighted by Gasteiger charge is 2.21. The van der Waals surface area contributed by atoms with Gasteiger partial charge in [-0.15, -0.1) is 0 Å². The molecule has 1 aromatic carbocycles. The largest absolute Gasteiger partial charge is 0.461 e. The molecule has 0 saturated heterocycles. The summed E-state index contributed by atoms with van der Waals surface area (Å²) in [7, 11) is 0. The van der Waals surface area contributed by atoms with Gasteiger partial charge in [0.25, 0.3) is 0 Å². The second-order valence-corrected chi connectivity index (χ2v) is 5.24. The van der Waals surface area contributed by atoms with Gasteiger partial charge in [0.15, 0.2) is 0 Å². The lowest BCUT2D eigenvalue weighted by atomic mass is 9.85. The van der Waals surface area contributed by atoms with Crippen LogP contribution in [0.4, 0.5) is 0 Å². The molecule has 0 fully saturated rings. The molecule has 0 N–H and O–H groups in total. The molecule has 0 aliphatic heterocycles. The van der Waals surface area contributed by atoms with Crippen LogP contribution in [0.5, 0.6) is 0 Å². The number of benzene rings is 1. The molecule has 0 aliphatic carbocycles. The van der Waals surface area contributed by atoms with Crippen LogP contribution in [0, 0.1) is 5.41 Å². The lowest BCUT2D eigenvalue weighted by Crippen LogP contribution is -2.18. The molecule has 0 amide bonds. The third kappa shape index (κ3) is 5.53. The molecule has 2 nitrogen and oxygen atoms in total. The molecule has 0 radical (unpaired) electrons. The van der Waals surface area contributed by atoms with E-state index in [1.165, 1.54) is 0 Å². The van der Waals surface area contributed by atoms with Gasteiger partial charge in [-0.1, -0.05) is 57.5 Å². The number of carbonyl (C=O) groups excluding carboxylic acids is 1. The van der Waals surface area contributed by atoms with Crippen LogP contribution in [0.3, 0.4) is 0 Å². The Balaban J connectivity index is 2.35. The third-order valence-electron chi connectivity index (χ3n) is 2.79. The van der Waals surface area contributed by atoms with E-state index >= 15 is 0 Å². The Morgan fingerprint density at radius 3 is 2.47 bits per heavy atom. The number of hydrogen-bond donors (Lipinski definition) is 0. The summed E-state index contributed by atoms with van der Waals surface area (Å²) in [6.07, 6.45) is 2.64. The molecule has 0 bridgehead atoms. The summed E-state index contributed by atoms with van der Waals surface area (Å²) in [6.45, 7) is 6.74. The summed E-state index contributed by atoms with van der Waals surface area (Å²) in [5.41, 5.74) is 1.08. The summed E-state index contributed by atoms with van der Waals surface area (Å²) < 4.78 is 5.27. The van der Waals surface area contributed by atoms with Crippen molar-refractivity contribution < 1.29 is 9.53 Å². The number of rotatable bonds is 6. The van der Waals surface area contributed by atoms with Crippen molar-refractivity contribution in [1.29, 1.82) is 0 Å². The van der Waals surface area contributed by atoms with E-state index < -0.39 is 0 Å². The fourth-order valence-corrected chi connectivity index (χ4v) is 1.94. The topological polar surface area (TPSA) is 26.3 Å². The first kappa shape index (κ1) is 13.8. The molecule has 1 rings (SSSR count). The molecule has 0 aromatic heterocycles. The summed E-state index contributed by atoms with van der Waals surface area (Å²) >= 11 is 0. The first-order valence-corrected chi connectivity index (χ1v) is 6.23. The standard InChI is InChI=1S/C15H22O2/c1-4-10-15(2,3)11-14(16)17-12-13-8-6-5-7-9-13/h5-9H,4,10-12H2,1-3H3. The van der Waals surface area contributed by atoms with Crippen molar-refractivity contribution in [2.75, 3.05) is 0 Å². The highest BCUT2D eigenvalue weighted by Crippen LogP contribution is 2.27. The lowest BCUT2D eigenvalue weighted by molar-refractivity contribution is -0.147. The molecule has 0 saturated carbocycles. The van der Waals surface area contributed by atoms with Gasteiger partial charge in [0.2, 0.25) is 0 Å². The first-order valence-electron chi connectivity index (χ1n) is 6.23. The maximum atomic E-state index is 11.7. The van der Waals surface area contributed by atoms with Crippen molar-refractivity contribution in [2.45, 2.75) is 46.6 Å². The smallest absolute Gasteiger partial charge is 0.306 e. The van der Waals surface area contributed by atoms with E-state index in [-0.39, 0.29) is 11.4 Å². The maximum Gasteiger partial charge on any atom is 0.306 e. The highest BCUT2D eigenvalue weighted by atomic mass is 16.5. The fraction of sp³-hybridized carbons (Fsp3) is 0.533. The highest BCUT2D eigenvalue weighted by molar-refractivity contribution is 5.70. The number of ether oxygens (including phenoxy) is 1. The second kappa shape index (κ2) is 6.43. The molecule has 2 heteroatoms. The molecule has 94 valence electrons. The maximum absolute atomic E-state index is 11.7. The number of carbonyl (C=O) groups is 1. The van der Waals surface area contributed by atoms with E-state index in [0.29, 0.717) is 13.0 Å². The van der Waals surface area contributed by atoms with Gasteiger partial charge in [-0.2, -0.15) is 0 Å². The van der Waals surface area contributed by atoms with Gasteiger partial charge in [0, 0.05) is 0 Å². The minimum Gasteiger partial charge on any atom is -0.461 e. The Morgan fingerprint density at radius 2 is 1.88 bits per heavy atom. The SMILES string of the molecule is CCCC(C)(C)CC(=O)OCc1ccccc1. The van der Waals surface area contributed by atoms with Crippen LogP contribution in [0.2, 0.25) is 0 Å². The molecule has 0 spiro atoms. The van der Waals surface area contributed by atoms with Crippen molar-refractivity contribution in [3.63, 3.8) is 0 Å². The van der Waals surface area contributed by atoms with Crippen LogP contribution in [0.1, 0.15) is 45.6 Å². The van der Waals surface area contributed by atoms with Crippen LogP contribution in [-0.4, -0.2) is 5.97 Å².